The van der Waals surface area contributed by atoms with E-state index in [0.29, 0.717) is 18.7 Å². The Balaban J connectivity index is 1.44. The number of nitrogens with two attached hydrogens (primary N) is 1. The Kier molecular flexibility index (Phi) is 3.69. The normalized spacial score (nSPS) is 20.3. The summed E-state index contributed by atoms with van der Waals surface area (Å²) < 4.78 is 11.7. The van der Waals surface area contributed by atoms with E-state index in [0.717, 1.165) is 45.9 Å². The predicted molar refractivity (Wildman–Crippen MR) is 115 cm³/mol. The molecular weight excluding hydrogens is 392 g/mol. The van der Waals surface area contributed by atoms with Crippen LogP contribution >= 0.6 is 0 Å². The lowest BCUT2D eigenvalue weighted by Gasteiger charge is -2.23. The molecule has 2 amide bonds. The first-order valence-electron chi connectivity index (χ1n) is 10.3. The van der Waals surface area contributed by atoms with Crippen LogP contribution in [0, 0.1) is 0 Å². The fourth-order valence-electron chi connectivity index (χ4n) is 4.96. The molecule has 1 unspecified atom stereocenters. The van der Waals surface area contributed by atoms with Crippen molar-refractivity contribution in [1.82, 2.24) is 0 Å². The molecule has 0 bridgehead atoms. The number of para-hydroxylation sites is 1. The third-order valence-corrected chi connectivity index (χ3v) is 6.54. The Morgan fingerprint density at radius 1 is 1.00 bits per heavy atom. The predicted octanol–water partition coefficient (Wildman–Crippen LogP) is 2.95. The number of nitrogens with zero attached hydrogens (tertiary/aromatic N) is 1. The maximum absolute atomic E-state index is 14.0. The molecule has 1 atom stereocenters. The van der Waals surface area contributed by atoms with Gasteiger partial charge in [-0.05, 0) is 41.0 Å². The van der Waals surface area contributed by atoms with Crippen molar-refractivity contribution in [2.75, 3.05) is 18.1 Å². The van der Waals surface area contributed by atoms with Crippen LogP contribution in [0.3, 0.4) is 0 Å². The molecule has 31 heavy (non-hydrogen) atoms. The van der Waals surface area contributed by atoms with Gasteiger partial charge in [0.25, 0.3) is 0 Å². The highest BCUT2D eigenvalue weighted by molar-refractivity contribution is 6.11. The third kappa shape index (κ3) is 2.45. The van der Waals surface area contributed by atoms with Crippen LogP contribution in [-0.2, 0) is 23.2 Å². The molecule has 6 heteroatoms. The van der Waals surface area contributed by atoms with Crippen molar-refractivity contribution in [3.05, 3.63) is 88.5 Å². The minimum absolute atomic E-state index is 0.00490. The van der Waals surface area contributed by atoms with Crippen molar-refractivity contribution in [3.8, 4) is 11.5 Å². The average Bonchev–Trinajstić information content (AvgIpc) is 3.45. The molecule has 3 aromatic rings. The topological polar surface area (TPSA) is 81.9 Å². The fourth-order valence-corrected chi connectivity index (χ4v) is 4.96. The van der Waals surface area contributed by atoms with E-state index in [2.05, 4.69) is 6.07 Å². The van der Waals surface area contributed by atoms with Gasteiger partial charge >= 0.3 is 0 Å². The second-order valence-electron chi connectivity index (χ2n) is 8.22. The number of primary amides is 1. The van der Waals surface area contributed by atoms with E-state index >= 15 is 0 Å². The van der Waals surface area contributed by atoms with Crippen LogP contribution in [0.1, 0.15) is 32.6 Å². The number of amides is 2. The SMILES string of the molecule is NC(=O)c1ccc(CN2C(=O)C3(COc4cc5c(cc43)CCO5)c3ccccc32)cc1. The quantitative estimate of drug-likeness (QED) is 0.717. The van der Waals surface area contributed by atoms with Gasteiger partial charge in [0.1, 0.15) is 23.5 Å². The van der Waals surface area contributed by atoms with Gasteiger partial charge in [0.2, 0.25) is 11.8 Å². The summed E-state index contributed by atoms with van der Waals surface area (Å²) in [6.45, 7) is 1.33. The minimum Gasteiger partial charge on any atom is -0.493 e. The molecule has 0 fully saturated rings. The zero-order chi connectivity index (χ0) is 21.2. The van der Waals surface area contributed by atoms with Crippen molar-refractivity contribution in [2.45, 2.75) is 18.4 Å². The van der Waals surface area contributed by atoms with Crippen LogP contribution in [0.4, 0.5) is 5.69 Å². The van der Waals surface area contributed by atoms with E-state index in [-0.39, 0.29) is 12.5 Å². The van der Waals surface area contributed by atoms with Crippen molar-refractivity contribution in [2.24, 2.45) is 5.73 Å². The zero-order valence-corrected chi connectivity index (χ0v) is 16.8. The summed E-state index contributed by atoms with van der Waals surface area (Å²) >= 11 is 0. The summed E-state index contributed by atoms with van der Waals surface area (Å²) in [6, 6.07) is 19.0. The number of ether oxygens (including phenoxy) is 2. The third-order valence-electron chi connectivity index (χ3n) is 6.54. The molecule has 0 aromatic heterocycles. The standard InChI is InChI=1S/C25H20N2O4/c26-23(28)16-7-5-15(6-8-16)13-27-20-4-2-1-3-18(20)25(24(27)29)14-31-22-12-21-17(9-10-30-21)11-19(22)25/h1-8,11-12H,9-10,13-14H2,(H2,26,28). The molecule has 6 nitrogen and oxygen atoms in total. The number of carbonyl (C=O) groups is 2. The van der Waals surface area contributed by atoms with Gasteiger partial charge in [-0.25, -0.2) is 0 Å². The molecule has 0 aliphatic carbocycles. The number of fused-ring (bicyclic) bond motifs is 5. The molecule has 3 aliphatic rings. The van der Waals surface area contributed by atoms with Gasteiger partial charge in [-0.1, -0.05) is 30.3 Å². The maximum Gasteiger partial charge on any atom is 0.248 e. The molecule has 2 N–H and O–H groups in total. The van der Waals surface area contributed by atoms with Crippen LogP contribution < -0.4 is 20.1 Å². The Morgan fingerprint density at radius 2 is 1.81 bits per heavy atom. The Hall–Kier alpha value is -3.80. The molecule has 0 saturated carbocycles. The Bertz CT molecular complexity index is 1250. The van der Waals surface area contributed by atoms with Crippen LogP contribution in [0.5, 0.6) is 11.5 Å². The van der Waals surface area contributed by atoms with E-state index in [1.807, 2.05) is 47.4 Å². The monoisotopic (exact) mass is 412 g/mol. The Morgan fingerprint density at radius 3 is 2.61 bits per heavy atom. The number of carbonyl (C=O) groups excluding carboxylic acids is 2. The second-order valence-corrected chi connectivity index (χ2v) is 8.22. The lowest BCUT2D eigenvalue weighted by molar-refractivity contribution is -0.122. The number of hydrogen-bond acceptors (Lipinski definition) is 4. The fraction of sp³-hybridized carbons (Fsp3) is 0.200. The van der Waals surface area contributed by atoms with Crippen LogP contribution in [0.2, 0.25) is 0 Å². The molecule has 154 valence electrons. The highest BCUT2D eigenvalue weighted by atomic mass is 16.5. The largest absolute Gasteiger partial charge is 0.493 e. The van der Waals surface area contributed by atoms with E-state index < -0.39 is 11.3 Å². The first-order chi connectivity index (χ1) is 15.1. The van der Waals surface area contributed by atoms with Crippen LogP contribution in [0.25, 0.3) is 0 Å². The first kappa shape index (κ1) is 18.0. The van der Waals surface area contributed by atoms with Gasteiger partial charge in [-0.2, -0.15) is 0 Å². The number of benzene rings is 3. The zero-order valence-electron chi connectivity index (χ0n) is 16.8. The smallest absolute Gasteiger partial charge is 0.248 e. The minimum atomic E-state index is -0.850. The molecule has 3 aliphatic heterocycles. The Labute approximate surface area is 179 Å². The van der Waals surface area contributed by atoms with Crippen molar-refractivity contribution >= 4 is 17.5 Å². The average molecular weight is 412 g/mol. The molecule has 3 aromatic carbocycles. The highest BCUT2D eigenvalue weighted by Gasteiger charge is 2.57. The first-order valence-corrected chi connectivity index (χ1v) is 10.3. The molecule has 0 radical (unpaired) electrons. The van der Waals surface area contributed by atoms with Crippen LogP contribution in [0.15, 0.2) is 60.7 Å². The van der Waals surface area contributed by atoms with Gasteiger partial charge in [0, 0.05) is 29.3 Å². The summed E-state index contributed by atoms with van der Waals surface area (Å²) in [4.78, 5) is 27.2. The van der Waals surface area contributed by atoms with Gasteiger partial charge in [-0.15, -0.1) is 0 Å². The van der Waals surface area contributed by atoms with E-state index in [1.165, 1.54) is 0 Å². The lowest BCUT2D eigenvalue weighted by Crippen LogP contribution is -2.42. The van der Waals surface area contributed by atoms with Gasteiger partial charge < -0.3 is 20.1 Å². The summed E-state index contributed by atoms with van der Waals surface area (Å²) in [5.74, 6) is 1.10. The lowest BCUT2D eigenvalue weighted by atomic mass is 9.76. The molecule has 6 rings (SSSR count). The second kappa shape index (κ2) is 6.35. The number of hydrogen-bond donors (Lipinski definition) is 1. The van der Waals surface area contributed by atoms with Crippen molar-refractivity contribution in [3.63, 3.8) is 0 Å². The van der Waals surface area contributed by atoms with Crippen molar-refractivity contribution < 1.29 is 19.1 Å². The van der Waals surface area contributed by atoms with Crippen LogP contribution in [-0.4, -0.2) is 25.0 Å². The molecule has 0 saturated heterocycles. The van der Waals surface area contributed by atoms with Gasteiger partial charge in [0.05, 0.1) is 13.2 Å². The summed E-state index contributed by atoms with van der Waals surface area (Å²) in [6.07, 6.45) is 0.838. The van der Waals surface area contributed by atoms with Crippen molar-refractivity contribution in [1.29, 1.82) is 0 Å². The van der Waals surface area contributed by atoms with Gasteiger partial charge in [0.15, 0.2) is 0 Å². The molecule has 1 spiro atoms. The molecular formula is C25H20N2O4. The van der Waals surface area contributed by atoms with E-state index in [4.69, 9.17) is 15.2 Å². The number of rotatable bonds is 3. The maximum atomic E-state index is 14.0. The number of anilines is 1. The summed E-state index contributed by atoms with van der Waals surface area (Å²) in [5, 5.41) is 0. The van der Waals surface area contributed by atoms with E-state index in [1.54, 1.807) is 12.1 Å². The molecule has 3 heterocycles. The summed E-state index contributed by atoms with van der Waals surface area (Å²) in [5.41, 5.74) is 9.76. The summed E-state index contributed by atoms with van der Waals surface area (Å²) in [7, 11) is 0. The highest BCUT2D eigenvalue weighted by Crippen LogP contribution is 2.54. The van der Waals surface area contributed by atoms with Gasteiger partial charge in [-0.3, -0.25) is 9.59 Å². The van der Waals surface area contributed by atoms with E-state index in [9.17, 15) is 9.59 Å².